The van der Waals surface area contributed by atoms with Crippen LogP contribution in [0.3, 0.4) is 0 Å². The molecule has 1 aliphatic heterocycles. The molecule has 0 radical (unpaired) electrons. The fraction of sp³-hybridized carbons (Fsp3) is 0.562. The van der Waals surface area contributed by atoms with Gasteiger partial charge in [0.15, 0.2) is 0 Å². The lowest BCUT2D eigenvalue weighted by atomic mass is 10.1. The van der Waals surface area contributed by atoms with E-state index in [9.17, 15) is 4.79 Å². The van der Waals surface area contributed by atoms with Gasteiger partial charge in [0.05, 0.1) is 0 Å². The Labute approximate surface area is 126 Å². The number of carbonyl (C=O) groups excluding carboxylic acids is 1. The highest BCUT2D eigenvalue weighted by atomic mass is 16.6. The van der Waals surface area contributed by atoms with E-state index < -0.39 is 5.60 Å². The molecule has 5 heteroatoms. The predicted octanol–water partition coefficient (Wildman–Crippen LogP) is 2.62. The van der Waals surface area contributed by atoms with Crippen LogP contribution in [0.4, 0.5) is 16.2 Å². The van der Waals surface area contributed by atoms with Gasteiger partial charge in [-0.25, -0.2) is 4.79 Å². The van der Waals surface area contributed by atoms with Crippen LogP contribution in [0.5, 0.6) is 0 Å². The second-order valence-corrected chi connectivity index (χ2v) is 6.58. The molecule has 0 aromatic heterocycles. The van der Waals surface area contributed by atoms with Gasteiger partial charge in [-0.15, -0.1) is 0 Å². The van der Waals surface area contributed by atoms with Crippen molar-refractivity contribution in [1.82, 2.24) is 5.32 Å². The zero-order valence-corrected chi connectivity index (χ0v) is 13.1. The van der Waals surface area contributed by atoms with Gasteiger partial charge in [-0.3, -0.25) is 0 Å². The number of hydrogen-bond acceptors (Lipinski definition) is 4. The Balaban J connectivity index is 1.79. The van der Waals surface area contributed by atoms with Crippen molar-refractivity contribution in [2.75, 3.05) is 30.3 Å². The maximum Gasteiger partial charge on any atom is 0.407 e. The highest BCUT2D eigenvalue weighted by Gasteiger charge is 2.24. The lowest BCUT2D eigenvalue weighted by molar-refractivity contribution is 0.0520. The molecule has 0 saturated carbocycles. The molecule has 1 aromatic rings. The average molecular weight is 291 g/mol. The largest absolute Gasteiger partial charge is 0.444 e. The Morgan fingerprint density at radius 3 is 2.90 bits per heavy atom. The molecule has 1 heterocycles. The van der Waals surface area contributed by atoms with Crippen LogP contribution in [0.1, 0.15) is 27.2 Å². The van der Waals surface area contributed by atoms with Crippen LogP contribution in [-0.4, -0.2) is 31.3 Å². The quantitative estimate of drug-likeness (QED) is 0.840. The maximum atomic E-state index is 11.6. The van der Waals surface area contributed by atoms with E-state index in [2.05, 4.69) is 16.3 Å². The molecule has 3 N–H and O–H groups in total. The minimum atomic E-state index is -0.451. The first kappa shape index (κ1) is 15.5. The van der Waals surface area contributed by atoms with Gasteiger partial charge in [-0.2, -0.15) is 0 Å². The number of nitrogens with two attached hydrogens (primary N) is 1. The summed E-state index contributed by atoms with van der Waals surface area (Å²) in [5.74, 6) is 0.443. The number of carbonyl (C=O) groups is 1. The molecule has 1 aliphatic rings. The minimum Gasteiger partial charge on any atom is -0.444 e. The predicted molar refractivity (Wildman–Crippen MR) is 85.4 cm³/mol. The first-order valence-corrected chi connectivity index (χ1v) is 7.41. The third-order valence-corrected chi connectivity index (χ3v) is 3.46. The molecule has 0 spiro atoms. The summed E-state index contributed by atoms with van der Waals surface area (Å²) in [7, 11) is 0. The summed E-state index contributed by atoms with van der Waals surface area (Å²) in [6.45, 7) is 8.16. The standard InChI is InChI=1S/C16H25N3O2/c1-16(2,3)21-15(20)18-10-12-7-8-19(11-12)14-6-4-5-13(17)9-14/h4-6,9,12H,7-8,10-11,17H2,1-3H3,(H,18,20). The zero-order chi connectivity index (χ0) is 15.5. The third-order valence-electron chi connectivity index (χ3n) is 3.46. The van der Waals surface area contributed by atoms with Gasteiger partial charge in [0, 0.05) is 31.0 Å². The molecule has 2 rings (SSSR count). The lowest BCUT2D eigenvalue weighted by Gasteiger charge is -2.21. The van der Waals surface area contributed by atoms with Gasteiger partial charge in [0.2, 0.25) is 0 Å². The highest BCUT2D eigenvalue weighted by Crippen LogP contribution is 2.24. The van der Waals surface area contributed by atoms with E-state index in [4.69, 9.17) is 10.5 Å². The van der Waals surface area contributed by atoms with Gasteiger partial charge in [-0.05, 0) is 51.3 Å². The van der Waals surface area contributed by atoms with Gasteiger partial charge in [-0.1, -0.05) is 6.07 Å². The molecule has 1 fully saturated rings. The van der Waals surface area contributed by atoms with E-state index in [1.54, 1.807) is 0 Å². The summed E-state index contributed by atoms with van der Waals surface area (Å²) in [6, 6.07) is 7.92. The van der Waals surface area contributed by atoms with E-state index in [0.717, 1.165) is 30.9 Å². The Bertz CT molecular complexity index is 497. The SMILES string of the molecule is CC(C)(C)OC(=O)NCC1CCN(c2cccc(N)c2)C1. The summed E-state index contributed by atoms with van der Waals surface area (Å²) < 4.78 is 5.24. The molecule has 0 aliphatic carbocycles. The zero-order valence-electron chi connectivity index (χ0n) is 13.1. The molecule has 1 atom stereocenters. The summed E-state index contributed by atoms with van der Waals surface area (Å²) >= 11 is 0. The van der Waals surface area contributed by atoms with Crippen LogP contribution in [0.2, 0.25) is 0 Å². The molecular formula is C16H25N3O2. The number of rotatable bonds is 3. The van der Waals surface area contributed by atoms with Gasteiger partial charge < -0.3 is 20.7 Å². The van der Waals surface area contributed by atoms with Crippen LogP contribution in [0, 0.1) is 5.92 Å². The second-order valence-electron chi connectivity index (χ2n) is 6.58. The molecule has 0 bridgehead atoms. The molecule has 21 heavy (non-hydrogen) atoms. The molecule has 1 saturated heterocycles. The fourth-order valence-electron chi connectivity index (χ4n) is 2.50. The monoisotopic (exact) mass is 291 g/mol. The fourth-order valence-corrected chi connectivity index (χ4v) is 2.50. The van der Waals surface area contributed by atoms with Crippen LogP contribution < -0.4 is 16.0 Å². The van der Waals surface area contributed by atoms with Crippen LogP contribution in [0.25, 0.3) is 0 Å². The summed E-state index contributed by atoms with van der Waals surface area (Å²) in [5.41, 5.74) is 7.30. The van der Waals surface area contributed by atoms with Crippen molar-refractivity contribution in [3.63, 3.8) is 0 Å². The number of amides is 1. The molecule has 1 amide bonds. The van der Waals surface area contributed by atoms with Gasteiger partial charge >= 0.3 is 6.09 Å². The molecule has 116 valence electrons. The van der Waals surface area contributed by atoms with E-state index in [1.165, 1.54) is 0 Å². The van der Waals surface area contributed by atoms with Crippen LogP contribution in [0.15, 0.2) is 24.3 Å². The van der Waals surface area contributed by atoms with Gasteiger partial charge in [0.25, 0.3) is 0 Å². The summed E-state index contributed by atoms with van der Waals surface area (Å²) in [6.07, 6.45) is 0.717. The summed E-state index contributed by atoms with van der Waals surface area (Å²) in [4.78, 5) is 14.0. The normalized spacial score (nSPS) is 18.6. The minimum absolute atomic E-state index is 0.343. The van der Waals surface area contributed by atoms with Crippen molar-refractivity contribution in [3.8, 4) is 0 Å². The topological polar surface area (TPSA) is 67.6 Å². The first-order chi connectivity index (χ1) is 9.83. The van der Waals surface area contributed by atoms with Crippen molar-refractivity contribution in [2.24, 2.45) is 5.92 Å². The molecule has 1 unspecified atom stereocenters. The first-order valence-electron chi connectivity index (χ1n) is 7.41. The second kappa shape index (κ2) is 6.24. The highest BCUT2D eigenvalue weighted by molar-refractivity contribution is 5.67. The maximum absolute atomic E-state index is 11.6. The Morgan fingerprint density at radius 1 is 1.48 bits per heavy atom. The number of alkyl carbamates (subject to hydrolysis) is 1. The average Bonchev–Trinajstić information content (AvgIpc) is 2.83. The summed E-state index contributed by atoms with van der Waals surface area (Å²) in [5, 5.41) is 2.85. The third kappa shape index (κ3) is 4.85. The van der Waals surface area contributed by atoms with Crippen molar-refractivity contribution in [2.45, 2.75) is 32.8 Å². The Hall–Kier alpha value is -1.91. The molecule has 1 aromatic carbocycles. The van der Waals surface area contributed by atoms with Crippen molar-refractivity contribution in [1.29, 1.82) is 0 Å². The van der Waals surface area contributed by atoms with Crippen LogP contribution >= 0.6 is 0 Å². The number of anilines is 2. The van der Waals surface area contributed by atoms with E-state index >= 15 is 0 Å². The number of nitrogens with zero attached hydrogens (tertiary/aromatic N) is 1. The number of nitrogens with one attached hydrogen (secondary N) is 1. The Kier molecular flexibility index (Phi) is 4.60. The van der Waals surface area contributed by atoms with E-state index in [1.807, 2.05) is 39.0 Å². The smallest absolute Gasteiger partial charge is 0.407 e. The molecular weight excluding hydrogens is 266 g/mol. The number of benzene rings is 1. The van der Waals surface area contributed by atoms with Crippen molar-refractivity contribution in [3.05, 3.63) is 24.3 Å². The Morgan fingerprint density at radius 2 is 2.24 bits per heavy atom. The van der Waals surface area contributed by atoms with Crippen molar-refractivity contribution >= 4 is 17.5 Å². The van der Waals surface area contributed by atoms with E-state index in [-0.39, 0.29) is 6.09 Å². The molecule has 5 nitrogen and oxygen atoms in total. The van der Waals surface area contributed by atoms with Gasteiger partial charge in [0.1, 0.15) is 5.60 Å². The number of ether oxygens (including phenoxy) is 1. The lowest BCUT2D eigenvalue weighted by Crippen LogP contribution is -2.36. The number of hydrogen-bond donors (Lipinski definition) is 2. The van der Waals surface area contributed by atoms with Crippen LogP contribution in [-0.2, 0) is 4.74 Å². The van der Waals surface area contributed by atoms with Crippen molar-refractivity contribution < 1.29 is 9.53 Å². The number of nitrogen functional groups attached to an aromatic ring is 1. The van der Waals surface area contributed by atoms with E-state index in [0.29, 0.717) is 12.5 Å².